The first-order chi connectivity index (χ1) is 8.60. The summed E-state index contributed by atoms with van der Waals surface area (Å²) in [7, 11) is 0. The molecule has 1 aliphatic rings. The van der Waals surface area contributed by atoms with Crippen LogP contribution in [0.5, 0.6) is 0 Å². The van der Waals surface area contributed by atoms with Crippen molar-refractivity contribution < 1.29 is 0 Å². The van der Waals surface area contributed by atoms with Gasteiger partial charge in [0.1, 0.15) is 0 Å². The molecule has 0 aliphatic carbocycles. The van der Waals surface area contributed by atoms with E-state index in [1.165, 1.54) is 15.7 Å². The van der Waals surface area contributed by atoms with E-state index in [1.54, 1.807) is 0 Å². The zero-order valence-corrected chi connectivity index (χ0v) is 13.4. The average Bonchev–Trinajstić information content (AvgIpc) is 2.30. The first-order valence-electron chi connectivity index (χ1n) is 6.49. The van der Waals surface area contributed by atoms with E-state index in [0.29, 0.717) is 17.0 Å². The Labute approximate surface area is 122 Å². The van der Waals surface area contributed by atoms with Gasteiger partial charge in [-0.2, -0.15) is 11.8 Å². The van der Waals surface area contributed by atoms with Crippen molar-refractivity contribution in [3.8, 4) is 0 Å². The maximum atomic E-state index is 5.61. The summed E-state index contributed by atoms with van der Waals surface area (Å²) >= 11 is 5.74. The lowest BCUT2D eigenvalue weighted by Gasteiger charge is -2.36. The summed E-state index contributed by atoms with van der Waals surface area (Å²) in [5.41, 5.74) is 8.23. The molecule has 2 nitrogen and oxygen atoms in total. The van der Waals surface area contributed by atoms with E-state index in [1.807, 2.05) is 0 Å². The minimum absolute atomic E-state index is 0.701. The van der Waals surface area contributed by atoms with Crippen LogP contribution in [0.3, 0.4) is 0 Å². The van der Waals surface area contributed by atoms with E-state index in [4.69, 9.17) is 5.73 Å². The predicted octanol–water partition coefficient (Wildman–Crippen LogP) is 3.28. The van der Waals surface area contributed by atoms with E-state index in [0.717, 1.165) is 19.5 Å². The fraction of sp³-hybridized carbons (Fsp3) is 0.571. The van der Waals surface area contributed by atoms with Crippen molar-refractivity contribution in [2.75, 3.05) is 24.5 Å². The van der Waals surface area contributed by atoms with Crippen LogP contribution in [0, 0.1) is 0 Å². The maximum absolute atomic E-state index is 5.61. The van der Waals surface area contributed by atoms with Gasteiger partial charge in [0.05, 0.1) is 0 Å². The van der Waals surface area contributed by atoms with Crippen molar-refractivity contribution in [1.82, 2.24) is 0 Å². The van der Waals surface area contributed by atoms with E-state index in [2.05, 4.69) is 64.6 Å². The van der Waals surface area contributed by atoms with Gasteiger partial charge in [-0.1, -0.05) is 35.8 Å². The zero-order chi connectivity index (χ0) is 13.1. The summed E-state index contributed by atoms with van der Waals surface area (Å²) in [4.78, 5) is 2.49. The van der Waals surface area contributed by atoms with E-state index in [9.17, 15) is 0 Å². The van der Waals surface area contributed by atoms with Crippen molar-refractivity contribution in [3.63, 3.8) is 0 Å². The lowest BCUT2D eigenvalue weighted by Crippen LogP contribution is -2.40. The second kappa shape index (κ2) is 6.31. The molecule has 1 aromatic carbocycles. The summed E-state index contributed by atoms with van der Waals surface area (Å²) < 4.78 is 1.18. The molecule has 100 valence electrons. The fourth-order valence-corrected chi connectivity index (χ4v) is 4.37. The molecule has 0 amide bonds. The Morgan fingerprint density at radius 1 is 1.33 bits per heavy atom. The van der Waals surface area contributed by atoms with Crippen LogP contribution in [-0.2, 0) is 6.42 Å². The monoisotopic (exact) mass is 328 g/mol. The van der Waals surface area contributed by atoms with Gasteiger partial charge in [-0.15, -0.1) is 0 Å². The van der Waals surface area contributed by atoms with Crippen molar-refractivity contribution in [2.24, 2.45) is 5.73 Å². The standard InChI is InChI=1S/C14H21BrN2S/c1-10-8-17(9-11(2)18-10)13-4-3-12(5-6-16)14(15)7-13/h3-4,7,10-11H,5-6,8-9,16H2,1-2H3. The number of nitrogens with two attached hydrogens (primary N) is 1. The van der Waals surface area contributed by atoms with Crippen LogP contribution < -0.4 is 10.6 Å². The highest BCUT2D eigenvalue weighted by atomic mass is 79.9. The highest BCUT2D eigenvalue weighted by Gasteiger charge is 2.22. The summed E-state index contributed by atoms with van der Waals surface area (Å²) in [5.74, 6) is 0. The minimum atomic E-state index is 0.701. The van der Waals surface area contributed by atoms with Gasteiger partial charge in [0, 0.05) is 33.7 Å². The van der Waals surface area contributed by atoms with Gasteiger partial charge in [-0.25, -0.2) is 0 Å². The summed E-state index contributed by atoms with van der Waals surface area (Å²) in [6, 6.07) is 6.66. The number of halogens is 1. The number of rotatable bonds is 3. The number of hydrogen-bond donors (Lipinski definition) is 1. The molecule has 2 atom stereocenters. The quantitative estimate of drug-likeness (QED) is 0.923. The molecular weight excluding hydrogens is 308 g/mol. The Balaban J connectivity index is 2.15. The van der Waals surface area contributed by atoms with E-state index < -0.39 is 0 Å². The Morgan fingerprint density at radius 2 is 2.00 bits per heavy atom. The molecule has 1 heterocycles. The molecular formula is C14H21BrN2S. The third-order valence-corrected chi connectivity index (χ3v) is 5.20. The lowest BCUT2D eigenvalue weighted by atomic mass is 10.1. The van der Waals surface area contributed by atoms with Crippen LogP contribution in [0.25, 0.3) is 0 Å². The van der Waals surface area contributed by atoms with Gasteiger partial charge in [0.2, 0.25) is 0 Å². The average molecular weight is 329 g/mol. The Hall–Kier alpha value is -0.190. The summed E-state index contributed by atoms with van der Waals surface area (Å²) in [6.07, 6.45) is 0.934. The van der Waals surface area contributed by atoms with Crippen molar-refractivity contribution in [2.45, 2.75) is 30.8 Å². The molecule has 1 fully saturated rings. The minimum Gasteiger partial charge on any atom is -0.369 e. The Bertz CT molecular complexity index is 401. The topological polar surface area (TPSA) is 29.3 Å². The van der Waals surface area contributed by atoms with Gasteiger partial charge in [-0.05, 0) is 30.7 Å². The van der Waals surface area contributed by atoms with Gasteiger partial charge in [0.25, 0.3) is 0 Å². The van der Waals surface area contributed by atoms with Crippen LogP contribution in [-0.4, -0.2) is 30.1 Å². The fourth-order valence-electron chi connectivity index (χ4n) is 2.48. The highest BCUT2D eigenvalue weighted by molar-refractivity contribution is 9.10. The largest absolute Gasteiger partial charge is 0.369 e. The third-order valence-electron chi connectivity index (χ3n) is 3.24. The normalized spacial score (nSPS) is 24.3. The Morgan fingerprint density at radius 3 is 2.56 bits per heavy atom. The molecule has 2 rings (SSSR count). The number of nitrogens with zero attached hydrogens (tertiary/aromatic N) is 1. The molecule has 1 aliphatic heterocycles. The summed E-state index contributed by atoms with van der Waals surface area (Å²) in [6.45, 7) is 7.60. The predicted molar refractivity (Wildman–Crippen MR) is 85.6 cm³/mol. The molecule has 0 spiro atoms. The molecule has 18 heavy (non-hydrogen) atoms. The van der Waals surface area contributed by atoms with E-state index >= 15 is 0 Å². The highest BCUT2D eigenvalue weighted by Crippen LogP contribution is 2.31. The van der Waals surface area contributed by atoms with Crippen LogP contribution in [0.1, 0.15) is 19.4 Å². The van der Waals surface area contributed by atoms with Crippen molar-refractivity contribution in [3.05, 3.63) is 28.2 Å². The number of anilines is 1. The molecule has 1 aromatic rings. The van der Waals surface area contributed by atoms with Crippen LogP contribution >= 0.6 is 27.7 Å². The van der Waals surface area contributed by atoms with Gasteiger partial charge < -0.3 is 10.6 Å². The van der Waals surface area contributed by atoms with Gasteiger partial charge in [-0.3, -0.25) is 0 Å². The molecule has 0 bridgehead atoms. The molecule has 2 N–H and O–H groups in total. The van der Waals surface area contributed by atoms with E-state index in [-0.39, 0.29) is 0 Å². The zero-order valence-electron chi connectivity index (χ0n) is 11.0. The van der Waals surface area contributed by atoms with Crippen LogP contribution in [0.15, 0.2) is 22.7 Å². The molecule has 4 heteroatoms. The number of benzene rings is 1. The molecule has 2 unspecified atom stereocenters. The van der Waals surface area contributed by atoms with Crippen molar-refractivity contribution in [1.29, 1.82) is 0 Å². The second-order valence-electron chi connectivity index (χ2n) is 4.98. The first kappa shape index (κ1) is 14.2. The second-order valence-corrected chi connectivity index (χ2v) is 7.71. The Kier molecular flexibility index (Phi) is 4.98. The van der Waals surface area contributed by atoms with Crippen molar-refractivity contribution >= 4 is 33.4 Å². The molecule has 0 radical (unpaired) electrons. The number of thioether (sulfide) groups is 1. The third kappa shape index (κ3) is 3.43. The van der Waals surface area contributed by atoms with Crippen LogP contribution in [0.2, 0.25) is 0 Å². The SMILES string of the molecule is CC1CN(c2ccc(CCN)c(Br)c2)CC(C)S1. The smallest absolute Gasteiger partial charge is 0.0378 e. The molecule has 1 saturated heterocycles. The van der Waals surface area contributed by atoms with Crippen LogP contribution in [0.4, 0.5) is 5.69 Å². The molecule has 0 aromatic heterocycles. The first-order valence-corrected chi connectivity index (χ1v) is 8.22. The molecule has 0 saturated carbocycles. The number of hydrogen-bond acceptors (Lipinski definition) is 3. The lowest BCUT2D eigenvalue weighted by molar-refractivity contribution is 0.728. The van der Waals surface area contributed by atoms with Gasteiger partial charge >= 0.3 is 0 Å². The summed E-state index contributed by atoms with van der Waals surface area (Å²) in [5, 5.41) is 1.41. The van der Waals surface area contributed by atoms with Gasteiger partial charge in [0.15, 0.2) is 0 Å². The maximum Gasteiger partial charge on any atom is 0.0378 e.